The molecule has 0 aromatic carbocycles. The Morgan fingerprint density at radius 3 is 2.77 bits per heavy atom. The van der Waals surface area contributed by atoms with E-state index in [1.54, 1.807) is 13.8 Å². The van der Waals surface area contributed by atoms with Crippen molar-refractivity contribution in [3.05, 3.63) is 0 Å². The summed E-state index contributed by atoms with van der Waals surface area (Å²) < 4.78 is 5.31. The first kappa shape index (κ1) is 10.5. The molecule has 3 heteroatoms. The van der Waals surface area contributed by atoms with Crippen molar-refractivity contribution in [3.63, 3.8) is 0 Å². The van der Waals surface area contributed by atoms with E-state index < -0.39 is 11.4 Å². The predicted octanol–water partition coefficient (Wildman–Crippen LogP) is 1.91. The zero-order chi connectivity index (χ0) is 9.90. The smallest absolute Gasteiger partial charge is 0.309 e. The normalized spacial score (nSPS) is 24.3. The van der Waals surface area contributed by atoms with Gasteiger partial charge in [-0.25, -0.2) is 0 Å². The molecule has 1 fully saturated rings. The summed E-state index contributed by atoms with van der Waals surface area (Å²) >= 11 is 0. The second kappa shape index (κ2) is 4.09. The second-order valence-corrected chi connectivity index (χ2v) is 4.48. The van der Waals surface area contributed by atoms with Gasteiger partial charge in [0.15, 0.2) is 0 Å². The fourth-order valence-corrected chi connectivity index (χ4v) is 1.78. The van der Waals surface area contributed by atoms with Crippen LogP contribution in [0.4, 0.5) is 0 Å². The number of aliphatic carboxylic acids is 1. The van der Waals surface area contributed by atoms with Gasteiger partial charge in [-0.05, 0) is 39.0 Å². The zero-order valence-electron chi connectivity index (χ0n) is 8.38. The Kier molecular flexibility index (Phi) is 3.31. The third-order valence-electron chi connectivity index (χ3n) is 2.63. The summed E-state index contributed by atoms with van der Waals surface area (Å²) in [5.41, 5.74) is -0.606. The van der Waals surface area contributed by atoms with Crippen LogP contribution in [0.3, 0.4) is 0 Å². The molecule has 1 heterocycles. The van der Waals surface area contributed by atoms with Crippen LogP contribution in [0.25, 0.3) is 0 Å². The molecule has 0 radical (unpaired) electrons. The zero-order valence-corrected chi connectivity index (χ0v) is 8.38. The molecule has 76 valence electrons. The van der Waals surface area contributed by atoms with E-state index in [1.807, 2.05) is 0 Å². The van der Waals surface area contributed by atoms with Gasteiger partial charge in [-0.1, -0.05) is 0 Å². The van der Waals surface area contributed by atoms with Crippen molar-refractivity contribution in [2.45, 2.75) is 33.1 Å². The molecule has 1 N–H and O–H groups in total. The average Bonchev–Trinajstić information content (AvgIpc) is 2.05. The maximum atomic E-state index is 10.9. The van der Waals surface area contributed by atoms with E-state index in [1.165, 1.54) is 0 Å². The van der Waals surface area contributed by atoms with E-state index in [2.05, 4.69) is 0 Å². The van der Waals surface area contributed by atoms with Gasteiger partial charge < -0.3 is 9.84 Å². The molecule has 1 saturated heterocycles. The summed E-state index contributed by atoms with van der Waals surface area (Å²) in [6.07, 6.45) is 2.90. The van der Waals surface area contributed by atoms with E-state index >= 15 is 0 Å². The van der Waals surface area contributed by atoms with E-state index in [-0.39, 0.29) is 0 Å². The van der Waals surface area contributed by atoms with Gasteiger partial charge in [-0.2, -0.15) is 0 Å². The molecule has 1 atom stereocenters. The standard InChI is InChI=1S/C10H18O3/c1-10(2,9(11)12)6-8-4-3-5-13-7-8/h8H,3-7H2,1-2H3,(H,11,12)/t8-/m1/s1. The molecule has 0 aliphatic carbocycles. The van der Waals surface area contributed by atoms with Crippen LogP contribution in [0.1, 0.15) is 33.1 Å². The largest absolute Gasteiger partial charge is 0.481 e. The van der Waals surface area contributed by atoms with Crippen molar-refractivity contribution in [2.75, 3.05) is 13.2 Å². The van der Waals surface area contributed by atoms with Crippen LogP contribution in [0.15, 0.2) is 0 Å². The van der Waals surface area contributed by atoms with Gasteiger partial charge in [-0.15, -0.1) is 0 Å². The van der Waals surface area contributed by atoms with E-state index in [9.17, 15) is 4.79 Å². The fraction of sp³-hybridized carbons (Fsp3) is 0.900. The first-order valence-corrected chi connectivity index (χ1v) is 4.83. The summed E-state index contributed by atoms with van der Waals surface area (Å²) in [6, 6.07) is 0. The van der Waals surface area contributed by atoms with Crippen molar-refractivity contribution >= 4 is 5.97 Å². The molecule has 0 aromatic rings. The Bertz CT molecular complexity index is 181. The molecule has 0 amide bonds. The van der Waals surface area contributed by atoms with Gasteiger partial charge in [0.25, 0.3) is 0 Å². The highest BCUT2D eigenvalue weighted by Crippen LogP contribution is 2.29. The lowest BCUT2D eigenvalue weighted by Crippen LogP contribution is -2.30. The third kappa shape index (κ3) is 2.99. The molecular formula is C10H18O3. The summed E-state index contributed by atoms with van der Waals surface area (Å²) in [7, 11) is 0. The maximum absolute atomic E-state index is 10.9. The van der Waals surface area contributed by atoms with Gasteiger partial charge in [0.2, 0.25) is 0 Å². The maximum Gasteiger partial charge on any atom is 0.309 e. The van der Waals surface area contributed by atoms with Crippen LogP contribution in [-0.4, -0.2) is 24.3 Å². The molecule has 0 unspecified atom stereocenters. The topological polar surface area (TPSA) is 46.5 Å². The number of ether oxygens (including phenoxy) is 1. The van der Waals surface area contributed by atoms with Gasteiger partial charge in [0.05, 0.1) is 5.41 Å². The summed E-state index contributed by atoms with van der Waals surface area (Å²) in [5, 5.41) is 8.93. The SMILES string of the molecule is CC(C)(C[C@H]1CCCOC1)C(=O)O. The van der Waals surface area contributed by atoms with Crippen molar-refractivity contribution in [2.24, 2.45) is 11.3 Å². The Morgan fingerprint density at radius 2 is 2.31 bits per heavy atom. The number of hydrogen-bond acceptors (Lipinski definition) is 2. The minimum Gasteiger partial charge on any atom is -0.481 e. The first-order valence-electron chi connectivity index (χ1n) is 4.83. The third-order valence-corrected chi connectivity index (χ3v) is 2.63. The minimum atomic E-state index is -0.710. The van der Waals surface area contributed by atoms with Gasteiger partial charge in [-0.3, -0.25) is 4.79 Å². The van der Waals surface area contributed by atoms with Crippen LogP contribution < -0.4 is 0 Å². The Hall–Kier alpha value is -0.570. The highest BCUT2D eigenvalue weighted by molar-refractivity contribution is 5.73. The van der Waals surface area contributed by atoms with E-state index in [0.29, 0.717) is 5.92 Å². The predicted molar refractivity (Wildman–Crippen MR) is 49.6 cm³/mol. The monoisotopic (exact) mass is 186 g/mol. The van der Waals surface area contributed by atoms with Crippen LogP contribution in [0, 0.1) is 11.3 Å². The van der Waals surface area contributed by atoms with Crippen LogP contribution in [0.2, 0.25) is 0 Å². The quantitative estimate of drug-likeness (QED) is 0.732. The number of rotatable bonds is 3. The van der Waals surface area contributed by atoms with Gasteiger partial charge in [0, 0.05) is 13.2 Å². The number of carboxylic acid groups (broad SMARTS) is 1. The van der Waals surface area contributed by atoms with E-state index in [0.717, 1.165) is 32.5 Å². The van der Waals surface area contributed by atoms with Crippen molar-refractivity contribution in [3.8, 4) is 0 Å². The number of carboxylic acids is 1. The highest BCUT2D eigenvalue weighted by Gasteiger charge is 2.31. The summed E-state index contributed by atoms with van der Waals surface area (Å²) in [4.78, 5) is 10.9. The second-order valence-electron chi connectivity index (χ2n) is 4.48. The highest BCUT2D eigenvalue weighted by atomic mass is 16.5. The van der Waals surface area contributed by atoms with Crippen molar-refractivity contribution in [1.29, 1.82) is 0 Å². The fourth-order valence-electron chi connectivity index (χ4n) is 1.78. The molecule has 1 aliphatic heterocycles. The van der Waals surface area contributed by atoms with Crippen molar-refractivity contribution in [1.82, 2.24) is 0 Å². The van der Waals surface area contributed by atoms with Gasteiger partial charge >= 0.3 is 5.97 Å². The Morgan fingerprint density at radius 1 is 1.62 bits per heavy atom. The summed E-state index contributed by atoms with van der Waals surface area (Å²) in [5.74, 6) is -0.280. The number of hydrogen-bond donors (Lipinski definition) is 1. The lowest BCUT2D eigenvalue weighted by molar-refractivity contribution is -0.148. The lowest BCUT2D eigenvalue weighted by Gasteiger charge is -2.28. The van der Waals surface area contributed by atoms with Crippen LogP contribution in [-0.2, 0) is 9.53 Å². The lowest BCUT2D eigenvalue weighted by atomic mass is 9.81. The molecule has 0 aromatic heterocycles. The first-order chi connectivity index (χ1) is 6.02. The van der Waals surface area contributed by atoms with Crippen LogP contribution >= 0.6 is 0 Å². The number of carbonyl (C=O) groups is 1. The Balaban J connectivity index is 2.41. The molecule has 13 heavy (non-hydrogen) atoms. The minimum absolute atomic E-state index is 0.430. The molecular weight excluding hydrogens is 168 g/mol. The molecule has 1 rings (SSSR count). The molecule has 0 bridgehead atoms. The summed E-state index contributed by atoms with van der Waals surface area (Å²) in [6.45, 7) is 5.13. The van der Waals surface area contributed by atoms with Crippen LogP contribution in [0.5, 0.6) is 0 Å². The molecule has 0 spiro atoms. The van der Waals surface area contributed by atoms with Crippen molar-refractivity contribution < 1.29 is 14.6 Å². The average molecular weight is 186 g/mol. The van der Waals surface area contributed by atoms with Gasteiger partial charge in [0.1, 0.15) is 0 Å². The Labute approximate surface area is 79.1 Å². The molecule has 3 nitrogen and oxygen atoms in total. The molecule has 1 aliphatic rings. The van der Waals surface area contributed by atoms with E-state index in [4.69, 9.17) is 9.84 Å². The molecule has 0 saturated carbocycles.